The van der Waals surface area contributed by atoms with Crippen LogP contribution >= 0.6 is 0 Å². The number of nitrogens with zero attached hydrogens (tertiary/aromatic N) is 4. The summed E-state index contributed by atoms with van der Waals surface area (Å²) in [6.07, 6.45) is -1.96. The lowest BCUT2D eigenvalue weighted by Gasteiger charge is -2.39. The molecule has 2 heterocycles. The summed E-state index contributed by atoms with van der Waals surface area (Å²) < 4.78 is 38.3. The second-order valence-corrected chi connectivity index (χ2v) is 8.04. The first kappa shape index (κ1) is 23.5. The number of carbonyl (C=O) groups is 2. The summed E-state index contributed by atoms with van der Waals surface area (Å²) in [5.74, 6) is 0.0583. The fraction of sp³-hybridized carbons (Fsp3) is 0.455. The molecule has 1 aromatic heterocycles. The molecular formula is C22H26F3N5O2. The summed E-state index contributed by atoms with van der Waals surface area (Å²) in [4.78, 5) is 35.5. The molecule has 7 nitrogen and oxygen atoms in total. The molecule has 10 heteroatoms. The Morgan fingerprint density at radius 2 is 1.78 bits per heavy atom. The number of likely N-dealkylation sites (tertiary alicyclic amines) is 1. The van der Waals surface area contributed by atoms with Crippen LogP contribution < -0.4 is 10.2 Å². The fourth-order valence-electron chi connectivity index (χ4n) is 3.81. The monoisotopic (exact) mass is 449 g/mol. The molecule has 0 radical (unpaired) electrons. The maximum Gasteiger partial charge on any atom is 0.434 e. The van der Waals surface area contributed by atoms with Crippen molar-refractivity contribution in [3.8, 4) is 0 Å². The van der Waals surface area contributed by atoms with Gasteiger partial charge in [0.05, 0.1) is 12.4 Å². The predicted molar refractivity (Wildman–Crippen MR) is 114 cm³/mol. The van der Waals surface area contributed by atoms with Gasteiger partial charge in [-0.25, -0.2) is 14.8 Å². The Bertz CT molecular complexity index is 955. The third kappa shape index (κ3) is 5.35. The number of anilines is 2. The van der Waals surface area contributed by atoms with E-state index in [0.717, 1.165) is 17.4 Å². The molecule has 0 bridgehead atoms. The van der Waals surface area contributed by atoms with Gasteiger partial charge in [0, 0.05) is 31.7 Å². The number of aromatic nitrogens is 2. The minimum absolute atomic E-state index is 0.0120. The van der Waals surface area contributed by atoms with Crippen LogP contribution in [0.25, 0.3) is 0 Å². The van der Waals surface area contributed by atoms with Crippen molar-refractivity contribution in [2.45, 2.75) is 51.7 Å². The summed E-state index contributed by atoms with van der Waals surface area (Å²) >= 11 is 0. The minimum Gasteiger partial charge on any atom is -0.343 e. The fourth-order valence-corrected chi connectivity index (χ4v) is 3.81. The van der Waals surface area contributed by atoms with E-state index in [0.29, 0.717) is 32.1 Å². The first-order chi connectivity index (χ1) is 15.1. The Hall–Kier alpha value is -3.17. The lowest BCUT2D eigenvalue weighted by Crippen LogP contribution is -2.50. The van der Waals surface area contributed by atoms with Crippen LogP contribution in [0.4, 0.5) is 29.5 Å². The SMILES string of the molecule is CC(=O)N1CCC(N(C(=O)Nc2cnc(C(F)(F)F)cn2)c2ccccc2C(C)C)CC1. The first-order valence-corrected chi connectivity index (χ1v) is 10.4. The van der Waals surface area contributed by atoms with Gasteiger partial charge < -0.3 is 4.90 Å². The van der Waals surface area contributed by atoms with E-state index in [1.807, 2.05) is 38.1 Å². The van der Waals surface area contributed by atoms with Gasteiger partial charge in [-0.15, -0.1) is 0 Å². The molecule has 2 aromatic rings. The van der Waals surface area contributed by atoms with E-state index >= 15 is 0 Å². The summed E-state index contributed by atoms with van der Waals surface area (Å²) in [6.45, 7) is 6.60. The first-order valence-electron chi connectivity index (χ1n) is 10.4. The van der Waals surface area contributed by atoms with Crippen molar-refractivity contribution in [2.24, 2.45) is 0 Å². The zero-order chi connectivity index (χ0) is 23.5. The summed E-state index contributed by atoms with van der Waals surface area (Å²) in [6, 6.07) is 6.84. The van der Waals surface area contributed by atoms with Gasteiger partial charge in [-0.05, 0) is 30.4 Å². The standard InChI is InChI=1S/C22H26F3N5O2/c1-14(2)17-6-4-5-7-18(17)30(16-8-10-29(11-9-16)15(3)31)21(32)28-20-13-26-19(12-27-20)22(23,24)25/h4-7,12-14,16H,8-11H2,1-3H3,(H,27,28,32). The van der Waals surface area contributed by atoms with Gasteiger partial charge in [0.25, 0.3) is 0 Å². The number of rotatable bonds is 4. The minimum atomic E-state index is -4.61. The maximum absolute atomic E-state index is 13.3. The third-order valence-corrected chi connectivity index (χ3v) is 5.49. The number of hydrogen-bond acceptors (Lipinski definition) is 4. The number of benzene rings is 1. The molecule has 1 aliphatic rings. The van der Waals surface area contributed by atoms with Crippen LogP contribution in [0.5, 0.6) is 0 Å². The molecule has 0 saturated carbocycles. The van der Waals surface area contributed by atoms with Gasteiger partial charge in [0.15, 0.2) is 11.5 Å². The molecule has 32 heavy (non-hydrogen) atoms. The second-order valence-electron chi connectivity index (χ2n) is 8.04. The number of hydrogen-bond donors (Lipinski definition) is 1. The van der Waals surface area contributed by atoms with Crippen LogP contribution in [0.2, 0.25) is 0 Å². The van der Waals surface area contributed by atoms with E-state index in [1.165, 1.54) is 6.92 Å². The number of nitrogens with one attached hydrogen (secondary N) is 1. The van der Waals surface area contributed by atoms with E-state index in [1.54, 1.807) is 9.80 Å². The number of piperidine rings is 1. The van der Waals surface area contributed by atoms with Crippen molar-refractivity contribution in [1.82, 2.24) is 14.9 Å². The Kier molecular flexibility index (Phi) is 7.00. The molecule has 1 aliphatic heterocycles. The van der Waals surface area contributed by atoms with Gasteiger partial charge >= 0.3 is 12.2 Å². The Morgan fingerprint density at radius 1 is 1.12 bits per heavy atom. The molecule has 0 spiro atoms. The van der Waals surface area contributed by atoms with Crippen molar-refractivity contribution in [2.75, 3.05) is 23.3 Å². The maximum atomic E-state index is 13.3. The normalized spacial score (nSPS) is 15.0. The van der Waals surface area contributed by atoms with E-state index in [4.69, 9.17) is 0 Å². The van der Waals surface area contributed by atoms with E-state index < -0.39 is 17.9 Å². The Balaban J connectivity index is 1.89. The van der Waals surface area contributed by atoms with E-state index in [9.17, 15) is 22.8 Å². The summed E-state index contributed by atoms with van der Waals surface area (Å²) in [5.41, 5.74) is 0.561. The van der Waals surface area contributed by atoms with Gasteiger partial charge in [-0.2, -0.15) is 13.2 Å². The number of carbonyl (C=O) groups excluding carboxylic acids is 2. The van der Waals surface area contributed by atoms with Crippen LogP contribution in [0.3, 0.4) is 0 Å². The second kappa shape index (κ2) is 9.54. The largest absolute Gasteiger partial charge is 0.434 e. The van der Waals surface area contributed by atoms with Gasteiger partial charge in [-0.1, -0.05) is 32.0 Å². The molecule has 1 aromatic carbocycles. The van der Waals surface area contributed by atoms with Crippen LogP contribution in [-0.2, 0) is 11.0 Å². The molecular weight excluding hydrogens is 423 g/mol. The highest BCUT2D eigenvalue weighted by atomic mass is 19.4. The smallest absolute Gasteiger partial charge is 0.343 e. The average Bonchev–Trinajstić information content (AvgIpc) is 2.74. The lowest BCUT2D eigenvalue weighted by molar-refractivity contribution is -0.141. The van der Waals surface area contributed by atoms with Crippen molar-refractivity contribution >= 4 is 23.4 Å². The Labute approximate surface area is 184 Å². The Morgan fingerprint density at radius 3 is 2.31 bits per heavy atom. The lowest BCUT2D eigenvalue weighted by atomic mass is 9.97. The van der Waals surface area contributed by atoms with E-state index in [2.05, 4.69) is 15.3 Å². The van der Waals surface area contributed by atoms with Crippen molar-refractivity contribution in [3.05, 3.63) is 47.9 Å². The predicted octanol–water partition coefficient (Wildman–Crippen LogP) is 4.67. The molecule has 0 aliphatic carbocycles. The molecule has 1 N–H and O–H groups in total. The van der Waals surface area contributed by atoms with Crippen LogP contribution in [0.15, 0.2) is 36.7 Å². The highest BCUT2D eigenvalue weighted by Crippen LogP contribution is 2.32. The quantitative estimate of drug-likeness (QED) is 0.736. The zero-order valence-electron chi connectivity index (χ0n) is 18.2. The average molecular weight is 449 g/mol. The molecule has 3 rings (SSSR count). The highest BCUT2D eigenvalue weighted by molar-refractivity contribution is 6.02. The molecule has 0 unspecified atom stereocenters. The van der Waals surface area contributed by atoms with Crippen LogP contribution in [0.1, 0.15) is 50.8 Å². The molecule has 3 amide bonds. The van der Waals surface area contributed by atoms with Gasteiger partial charge in [-0.3, -0.25) is 15.0 Å². The highest BCUT2D eigenvalue weighted by Gasteiger charge is 2.34. The van der Waals surface area contributed by atoms with Crippen molar-refractivity contribution in [1.29, 1.82) is 0 Å². The summed E-state index contributed by atoms with van der Waals surface area (Å²) in [5, 5.41) is 2.58. The zero-order valence-corrected chi connectivity index (χ0v) is 18.2. The third-order valence-electron chi connectivity index (χ3n) is 5.49. The van der Waals surface area contributed by atoms with Crippen LogP contribution in [-0.4, -0.2) is 45.9 Å². The molecule has 172 valence electrons. The van der Waals surface area contributed by atoms with Gasteiger partial charge in [0.1, 0.15) is 0 Å². The molecule has 1 saturated heterocycles. The van der Waals surface area contributed by atoms with E-state index in [-0.39, 0.29) is 23.7 Å². The van der Waals surface area contributed by atoms with Crippen molar-refractivity contribution < 1.29 is 22.8 Å². The molecule has 0 atom stereocenters. The number of urea groups is 1. The number of amides is 3. The summed E-state index contributed by atoms with van der Waals surface area (Å²) in [7, 11) is 0. The number of halogens is 3. The van der Waals surface area contributed by atoms with Crippen molar-refractivity contribution in [3.63, 3.8) is 0 Å². The van der Waals surface area contributed by atoms with Crippen LogP contribution in [0, 0.1) is 0 Å². The number of para-hydroxylation sites is 1. The topological polar surface area (TPSA) is 78.4 Å². The molecule has 1 fully saturated rings. The number of alkyl halides is 3. The van der Waals surface area contributed by atoms with Gasteiger partial charge in [0.2, 0.25) is 5.91 Å².